The van der Waals surface area contributed by atoms with Crippen LogP contribution < -0.4 is 5.32 Å². The zero-order chi connectivity index (χ0) is 12.9. The lowest BCUT2D eigenvalue weighted by Gasteiger charge is -2.29. The van der Waals surface area contributed by atoms with Gasteiger partial charge in [0.2, 0.25) is 0 Å². The molecule has 0 aromatic heterocycles. The van der Waals surface area contributed by atoms with Crippen molar-refractivity contribution < 1.29 is 9.90 Å². The van der Waals surface area contributed by atoms with Gasteiger partial charge in [0.15, 0.2) is 0 Å². The summed E-state index contributed by atoms with van der Waals surface area (Å²) in [6, 6.07) is 0.717. The fourth-order valence-corrected chi connectivity index (χ4v) is 2.23. The van der Waals surface area contributed by atoms with E-state index in [1.165, 1.54) is 12.8 Å². The zero-order valence-corrected chi connectivity index (χ0v) is 11.3. The second kappa shape index (κ2) is 6.36. The molecule has 1 fully saturated rings. The molecule has 1 saturated carbocycles. The Balaban J connectivity index is 2.46. The maximum atomic E-state index is 11.3. The molecule has 0 aromatic carbocycles. The van der Waals surface area contributed by atoms with Crippen molar-refractivity contribution in [2.75, 3.05) is 19.6 Å². The molecule has 1 aliphatic carbocycles. The Morgan fingerprint density at radius 1 is 1.41 bits per heavy atom. The Morgan fingerprint density at radius 3 is 2.47 bits per heavy atom. The lowest BCUT2D eigenvalue weighted by molar-refractivity contribution is -0.144. The Morgan fingerprint density at radius 2 is 2.06 bits per heavy atom. The Kier molecular flexibility index (Phi) is 5.40. The molecule has 1 aliphatic rings. The first kappa shape index (κ1) is 14.5. The second-order valence-corrected chi connectivity index (χ2v) is 5.18. The highest BCUT2D eigenvalue weighted by Gasteiger charge is 2.34. The minimum absolute atomic E-state index is 0.673. The van der Waals surface area contributed by atoms with Crippen molar-refractivity contribution in [2.24, 2.45) is 0 Å². The van der Waals surface area contributed by atoms with Crippen LogP contribution in [0.25, 0.3) is 0 Å². The predicted molar refractivity (Wildman–Crippen MR) is 69.2 cm³/mol. The van der Waals surface area contributed by atoms with Crippen molar-refractivity contribution in [1.82, 2.24) is 10.2 Å². The predicted octanol–water partition coefficient (Wildman–Crippen LogP) is 1.70. The van der Waals surface area contributed by atoms with Crippen LogP contribution in [-0.2, 0) is 4.79 Å². The topological polar surface area (TPSA) is 52.6 Å². The summed E-state index contributed by atoms with van der Waals surface area (Å²) in [5.41, 5.74) is -0.782. The summed E-state index contributed by atoms with van der Waals surface area (Å²) in [5.74, 6) is -0.744. The summed E-state index contributed by atoms with van der Waals surface area (Å²) < 4.78 is 0. The molecule has 0 aromatic rings. The first-order valence-corrected chi connectivity index (χ1v) is 6.76. The Labute approximate surface area is 104 Å². The molecule has 2 N–H and O–H groups in total. The molecule has 0 radical (unpaired) electrons. The number of hydrogen-bond donors (Lipinski definition) is 2. The van der Waals surface area contributed by atoms with Gasteiger partial charge in [-0.25, -0.2) is 0 Å². The van der Waals surface area contributed by atoms with Crippen LogP contribution in [0.5, 0.6) is 0 Å². The van der Waals surface area contributed by atoms with E-state index in [4.69, 9.17) is 0 Å². The number of rotatable bonds is 9. The first-order chi connectivity index (χ1) is 8.03. The summed E-state index contributed by atoms with van der Waals surface area (Å²) in [6.07, 6.45) is 4.38. The van der Waals surface area contributed by atoms with Gasteiger partial charge >= 0.3 is 5.97 Å². The van der Waals surface area contributed by atoms with E-state index in [1.54, 1.807) is 6.92 Å². The van der Waals surface area contributed by atoms with Crippen LogP contribution in [0.15, 0.2) is 0 Å². The summed E-state index contributed by atoms with van der Waals surface area (Å²) in [7, 11) is 0. The average Bonchev–Trinajstić information content (AvgIpc) is 3.08. The Hall–Kier alpha value is -0.610. The molecule has 0 heterocycles. The fourth-order valence-electron chi connectivity index (χ4n) is 2.23. The third-order valence-electron chi connectivity index (χ3n) is 3.51. The number of hydrogen-bond acceptors (Lipinski definition) is 3. The molecule has 1 unspecified atom stereocenters. The van der Waals surface area contributed by atoms with E-state index >= 15 is 0 Å². The molecule has 0 spiro atoms. The van der Waals surface area contributed by atoms with Gasteiger partial charge in [-0.3, -0.25) is 4.79 Å². The second-order valence-electron chi connectivity index (χ2n) is 5.18. The number of carboxylic acid groups (broad SMARTS) is 1. The molecule has 0 aliphatic heterocycles. The molecule has 4 heteroatoms. The maximum absolute atomic E-state index is 11.3. The number of nitrogens with zero attached hydrogens (tertiary/aromatic N) is 1. The van der Waals surface area contributed by atoms with Crippen molar-refractivity contribution in [3.63, 3.8) is 0 Å². The van der Waals surface area contributed by atoms with Gasteiger partial charge in [-0.1, -0.05) is 13.8 Å². The molecular weight excluding hydrogens is 216 g/mol. The van der Waals surface area contributed by atoms with Crippen molar-refractivity contribution in [1.29, 1.82) is 0 Å². The number of carbonyl (C=O) groups is 1. The van der Waals surface area contributed by atoms with Gasteiger partial charge in [-0.2, -0.15) is 0 Å². The first-order valence-electron chi connectivity index (χ1n) is 6.76. The third-order valence-corrected chi connectivity index (χ3v) is 3.51. The molecule has 17 heavy (non-hydrogen) atoms. The summed E-state index contributed by atoms with van der Waals surface area (Å²) in [6.45, 7) is 8.58. The molecule has 1 rings (SSSR count). The number of aliphatic carboxylic acids is 1. The van der Waals surface area contributed by atoms with Crippen LogP contribution in [0, 0.1) is 0 Å². The van der Waals surface area contributed by atoms with Gasteiger partial charge in [0.1, 0.15) is 5.54 Å². The lowest BCUT2D eigenvalue weighted by Crippen LogP contribution is -2.51. The van der Waals surface area contributed by atoms with Crippen LogP contribution >= 0.6 is 0 Å². The van der Waals surface area contributed by atoms with E-state index < -0.39 is 11.5 Å². The van der Waals surface area contributed by atoms with Crippen LogP contribution in [0.1, 0.15) is 46.5 Å². The molecule has 100 valence electrons. The summed E-state index contributed by atoms with van der Waals surface area (Å²) in [4.78, 5) is 13.7. The zero-order valence-electron chi connectivity index (χ0n) is 11.3. The standard InChI is InChI=1S/C13H26N2O2/c1-4-9-15(11-6-7-11)10-8-13(3,12(16)17)14-5-2/h11,14H,4-10H2,1-3H3,(H,16,17). The fraction of sp³-hybridized carbons (Fsp3) is 0.923. The molecule has 0 saturated heterocycles. The van der Waals surface area contributed by atoms with Gasteiger partial charge < -0.3 is 15.3 Å². The number of nitrogens with one attached hydrogen (secondary N) is 1. The number of likely N-dealkylation sites (N-methyl/N-ethyl adjacent to an activating group) is 1. The maximum Gasteiger partial charge on any atom is 0.323 e. The van der Waals surface area contributed by atoms with Crippen molar-refractivity contribution in [3.8, 4) is 0 Å². The van der Waals surface area contributed by atoms with Crippen LogP contribution in [0.2, 0.25) is 0 Å². The normalized spacial score (nSPS) is 19.3. The summed E-state index contributed by atoms with van der Waals surface area (Å²) >= 11 is 0. The highest BCUT2D eigenvalue weighted by molar-refractivity contribution is 5.78. The van der Waals surface area contributed by atoms with E-state index in [9.17, 15) is 9.90 Å². The van der Waals surface area contributed by atoms with E-state index in [2.05, 4.69) is 17.1 Å². The monoisotopic (exact) mass is 242 g/mol. The number of carboxylic acids is 1. The lowest BCUT2D eigenvalue weighted by atomic mass is 9.97. The largest absolute Gasteiger partial charge is 0.480 e. The van der Waals surface area contributed by atoms with E-state index in [1.807, 2.05) is 6.92 Å². The quantitative estimate of drug-likeness (QED) is 0.646. The Bertz CT molecular complexity index is 254. The molecule has 0 amide bonds. The van der Waals surface area contributed by atoms with Gasteiger partial charge in [0.05, 0.1) is 0 Å². The SMILES string of the molecule is CCCN(CCC(C)(NCC)C(=O)O)C1CC1. The average molecular weight is 242 g/mol. The minimum atomic E-state index is -0.782. The van der Waals surface area contributed by atoms with Gasteiger partial charge in [0, 0.05) is 12.6 Å². The van der Waals surface area contributed by atoms with E-state index in [0.29, 0.717) is 13.0 Å². The highest BCUT2D eigenvalue weighted by Crippen LogP contribution is 2.27. The van der Waals surface area contributed by atoms with Crippen LogP contribution in [-0.4, -0.2) is 47.2 Å². The van der Waals surface area contributed by atoms with Crippen LogP contribution in [0.3, 0.4) is 0 Å². The van der Waals surface area contributed by atoms with Crippen molar-refractivity contribution in [2.45, 2.75) is 58.0 Å². The summed E-state index contributed by atoms with van der Waals surface area (Å²) in [5, 5.41) is 12.4. The molecule has 4 nitrogen and oxygen atoms in total. The van der Waals surface area contributed by atoms with Crippen molar-refractivity contribution in [3.05, 3.63) is 0 Å². The van der Waals surface area contributed by atoms with E-state index in [0.717, 1.165) is 25.6 Å². The molecule has 1 atom stereocenters. The molecule has 0 bridgehead atoms. The highest BCUT2D eigenvalue weighted by atomic mass is 16.4. The third kappa shape index (κ3) is 4.28. The van der Waals surface area contributed by atoms with Gasteiger partial charge in [-0.15, -0.1) is 0 Å². The smallest absolute Gasteiger partial charge is 0.323 e. The van der Waals surface area contributed by atoms with Gasteiger partial charge in [0.25, 0.3) is 0 Å². The van der Waals surface area contributed by atoms with Gasteiger partial charge in [-0.05, 0) is 45.7 Å². The van der Waals surface area contributed by atoms with Crippen LogP contribution in [0.4, 0.5) is 0 Å². The minimum Gasteiger partial charge on any atom is -0.480 e. The van der Waals surface area contributed by atoms with E-state index in [-0.39, 0.29) is 0 Å². The van der Waals surface area contributed by atoms with Crippen molar-refractivity contribution >= 4 is 5.97 Å². The molecular formula is C13H26N2O2.